The number of nitrogens with zero attached hydrogens (tertiary/aromatic N) is 1. The summed E-state index contributed by atoms with van der Waals surface area (Å²) in [5.74, 6) is 0. The molecule has 3 unspecified atom stereocenters. The highest BCUT2D eigenvalue weighted by Gasteiger charge is 2.18. The van der Waals surface area contributed by atoms with Gasteiger partial charge < -0.3 is 19.9 Å². The lowest BCUT2D eigenvalue weighted by Crippen LogP contribution is -2.51. The van der Waals surface area contributed by atoms with Crippen molar-refractivity contribution in [3.05, 3.63) is 0 Å². The van der Waals surface area contributed by atoms with Crippen molar-refractivity contribution in [3.63, 3.8) is 0 Å². The molecule has 2 N–H and O–H groups in total. The van der Waals surface area contributed by atoms with Crippen LogP contribution in [0, 0.1) is 0 Å². The molecule has 3 atom stereocenters. The second-order valence-corrected chi connectivity index (χ2v) is 4.87. The molecule has 0 aromatic heterocycles. The van der Waals surface area contributed by atoms with Crippen LogP contribution in [0.4, 0.5) is 0 Å². The number of nitrogens with one attached hydrogen (secondary N) is 1. The Bertz CT molecular complexity index is 204. The Morgan fingerprint density at radius 3 is 2.88 bits per heavy atom. The van der Waals surface area contributed by atoms with E-state index < -0.39 is 6.10 Å². The molecule has 0 aromatic carbocycles. The molecule has 17 heavy (non-hydrogen) atoms. The fourth-order valence-corrected chi connectivity index (χ4v) is 2.09. The molecular weight excluding hydrogens is 220 g/mol. The van der Waals surface area contributed by atoms with Crippen LogP contribution in [0.2, 0.25) is 0 Å². The molecule has 0 aromatic rings. The summed E-state index contributed by atoms with van der Waals surface area (Å²) < 4.78 is 10.5. The first kappa shape index (κ1) is 14.9. The SMILES string of the molecule is COCC(C)OCC(O)CN1CCNC(C)C1. The third-order valence-corrected chi connectivity index (χ3v) is 2.90. The Hall–Kier alpha value is -0.200. The van der Waals surface area contributed by atoms with E-state index in [4.69, 9.17) is 9.47 Å². The van der Waals surface area contributed by atoms with Crippen LogP contribution < -0.4 is 5.32 Å². The van der Waals surface area contributed by atoms with Gasteiger partial charge >= 0.3 is 0 Å². The van der Waals surface area contributed by atoms with Gasteiger partial charge in [-0.15, -0.1) is 0 Å². The van der Waals surface area contributed by atoms with Gasteiger partial charge in [0.05, 0.1) is 25.4 Å². The van der Waals surface area contributed by atoms with E-state index in [9.17, 15) is 5.11 Å². The molecule has 1 heterocycles. The monoisotopic (exact) mass is 246 g/mol. The molecule has 0 radical (unpaired) electrons. The van der Waals surface area contributed by atoms with Crippen molar-refractivity contribution >= 4 is 0 Å². The molecule has 1 aliphatic heterocycles. The van der Waals surface area contributed by atoms with Gasteiger partial charge in [-0.2, -0.15) is 0 Å². The van der Waals surface area contributed by atoms with Gasteiger partial charge in [-0.05, 0) is 13.8 Å². The number of rotatable bonds is 7. The second kappa shape index (κ2) is 8.00. The Morgan fingerprint density at radius 2 is 2.24 bits per heavy atom. The summed E-state index contributed by atoms with van der Waals surface area (Å²) in [6.45, 7) is 8.72. The van der Waals surface area contributed by atoms with Crippen molar-refractivity contribution in [1.82, 2.24) is 10.2 Å². The van der Waals surface area contributed by atoms with Crippen LogP contribution in [-0.2, 0) is 9.47 Å². The van der Waals surface area contributed by atoms with Gasteiger partial charge in [0.25, 0.3) is 0 Å². The Labute approximate surface area is 104 Å². The highest BCUT2D eigenvalue weighted by Crippen LogP contribution is 2.01. The minimum Gasteiger partial charge on any atom is -0.389 e. The lowest BCUT2D eigenvalue weighted by Gasteiger charge is -2.33. The average Bonchev–Trinajstić information content (AvgIpc) is 2.27. The summed E-state index contributed by atoms with van der Waals surface area (Å²) in [6, 6.07) is 0.504. The van der Waals surface area contributed by atoms with Gasteiger partial charge in [0.2, 0.25) is 0 Å². The highest BCUT2D eigenvalue weighted by atomic mass is 16.5. The largest absolute Gasteiger partial charge is 0.389 e. The zero-order valence-corrected chi connectivity index (χ0v) is 11.2. The van der Waals surface area contributed by atoms with E-state index in [1.807, 2.05) is 6.92 Å². The first-order chi connectivity index (χ1) is 8.11. The fourth-order valence-electron chi connectivity index (χ4n) is 2.09. The van der Waals surface area contributed by atoms with Crippen LogP contribution in [0.15, 0.2) is 0 Å². The van der Waals surface area contributed by atoms with Crippen LogP contribution in [0.25, 0.3) is 0 Å². The summed E-state index contributed by atoms with van der Waals surface area (Å²) in [7, 11) is 1.65. The van der Waals surface area contributed by atoms with Gasteiger partial charge in [0.1, 0.15) is 0 Å². The summed E-state index contributed by atoms with van der Waals surface area (Å²) in [5, 5.41) is 13.3. The summed E-state index contributed by atoms with van der Waals surface area (Å²) in [5.41, 5.74) is 0. The number of methoxy groups -OCH3 is 1. The first-order valence-corrected chi connectivity index (χ1v) is 6.36. The zero-order chi connectivity index (χ0) is 12.7. The molecule has 1 saturated heterocycles. The number of hydrogen-bond acceptors (Lipinski definition) is 5. The summed E-state index contributed by atoms with van der Waals surface area (Å²) in [6.07, 6.45) is -0.379. The second-order valence-electron chi connectivity index (χ2n) is 4.87. The predicted octanol–water partition coefficient (Wildman–Crippen LogP) is -0.307. The van der Waals surface area contributed by atoms with Gasteiger partial charge in [-0.25, -0.2) is 0 Å². The van der Waals surface area contributed by atoms with E-state index in [-0.39, 0.29) is 6.10 Å². The van der Waals surface area contributed by atoms with Gasteiger partial charge in [0, 0.05) is 39.3 Å². The first-order valence-electron chi connectivity index (χ1n) is 6.36. The van der Waals surface area contributed by atoms with Crippen molar-refractivity contribution in [2.24, 2.45) is 0 Å². The molecule has 102 valence electrons. The van der Waals surface area contributed by atoms with E-state index in [0.29, 0.717) is 25.8 Å². The lowest BCUT2D eigenvalue weighted by molar-refractivity contribution is -0.0411. The predicted molar refractivity (Wildman–Crippen MR) is 67.2 cm³/mol. The summed E-state index contributed by atoms with van der Waals surface area (Å²) >= 11 is 0. The van der Waals surface area contributed by atoms with Crippen molar-refractivity contribution in [3.8, 4) is 0 Å². The van der Waals surface area contributed by atoms with Crippen molar-refractivity contribution in [2.45, 2.75) is 32.1 Å². The van der Waals surface area contributed by atoms with E-state index in [2.05, 4.69) is 17.1 Å². The van der Waals surface area contributed by atoms with Crippen LogP contribution in [0.5, 0.6) is 0 Å². The molecule has 0 bridgehead atoms. The molecule has 1 aliphatic rings. The Morgan fingerprint density at radius 1 is 1.47 bits per heavy atom. The maximum Gasteiger partial charge on any atom is 0.0900 e. The summed E-state index contributed by atoms with van der Waals surface area (Å²) in [4.78, 5) is 2.27. The number of aliphatic hydroxyl groups is 1. The van der Waals surface area contributed by atoms with Crippen molar-refractivity contribution in [1.29, 1.82) is 0 Å². The van der Waals surface area contributed by atoms with Gasteiger partial charge in [-0.3, -0.25) is 4.90 Å². The van der Waals surface area contributed by atoms with Gasteiger partial charge in [-0.1, -0.05) is 0 Å². The molecule has 1 rings (SSSR count). The molecule has 5 heteroatoms. The van der Waals surface area contributed by atoms with Crippen molar-refractivity contribution in [2.75, 3.05) is 46.5 Å². The maximum absolute atomic E-state index is 9.88. The topological polar surface area (TPSA) is 54.0 Å². The van der Waals surface area contributed by atoms with Crippen LogP contribution in [-0.4, -0.2) is 74.8 Å². The molecule has 0 saturated carbocycles. The smallest absolute Gasteiger partial charge is 0.0900 e. The van der Waals surface area contributed by atoms with E-state index in [1.54, 1.807) is 7.11 Å². The number of aliphatic hydroxyl groups excluding tert-OH is 1. The number of hydrogen-bond donors (Lipinski definition) is 2. The Kier molecular flexibility index (Phi) is 6.99. The third kappa shape index (κ3) is 6.33. The standard InChI is InChI=1S/C12H26N2O3/c1-10-6-14(5-4-13-10)7-12(15)9-17-11(2)8-16-3/h10-13,15H,4-9H2,1-3H3. The fraction of sp³-hybridized carbons (Fsp3) is 1.00. The zero-order valence-electron chi connectivity index (χ0n) is 11.2. The molecule has 0 aliphatic carbocycles. The normalized spacial score (nSPS) is 25.8. The minimum absolute atomic E-state index is 0.0385. The lowest BCUT2D eigenvalue weighted by atomic mass is 10.2. The maximum atomic E-state index is 9.88. The van der Waals surface area contributed by atoms with Crippen LogP contribution in [0.1, 0.15) is 13.8 Å². The van der Waals surface area contributed by atoms with E-state index >= 15 is 0 Å². The van der Waals surface area contributed by atoms with Gasteiger partial charge in [0.15, 0.2) is 0 Å². The number of piperazine rings is 1. The molecular formula is C12H26N2O3. The average molecular weight is 246 g/mol. The Balaban J connectivity index is 2.13. The van der Waals surface area contributed by atoms with Crippen molar-refractivity contribution < 1.29 is 14.6 Å². The minimum atomic E-state index is -0.417. The highest BCUT2D eigenvalue weighted by molar-refractivity contribution is 4.76. The van der Waals surface area contributed by atoms with E-state index in [0.717, 1.165) is 19.6 Å². The number of ether oxygens (including phenoxy) is 2. The molecule has 5 nitrogen and oxygen atoms in total. The molecule has 1 fully saturated rings. The number of β-amino-alcohol motifs (C(OH)–C–C–N with tert-alkyl or cyclic N) is 1. The quantitative estimate of drug-likeness (QED) is 0.645. The van der Waals surface area contributed by atoms with Crippen LogP contribution in [0.3, 0.4) is 0 Å². The van der Waals surface area contributed by atoms with Crippen LogP contribution >= 0.6 is 0 Å². The molecule has 0 amide bonds. The van der Waals surface area contributed by atoms with E-state index in [1.165, 1.54) is 0 Å². The molecule has 0 spiro atoms. The third-order valence-electron chi connectivity index (χ3n) is 2.90.